The topological polar surface area (TPSA) is 32.3 Å². The van der Waals surface area contributed by atoms with Crippen molar-refractivity contribution in [2.75, 3.05) is 13.6 Å². The molecule has 1 aliphatic carbocycles. The number of nitrogens with one attached hydrogen (secondary N) is 1. The molecule has 1 aromatic carbocycles. The van der Waals surface area contributed by atoms with Crippen molar-refractivity contribution >= 4 is 22.0 Å². The van der Waals surface area contributed by atoms with Crippen LogP contribution in [0.1, 0.15) is 37.7 Å². The highest BCUT2D eigenvalue weighted by Gasteiger charge is 2.21. The van der Waals surface area contributed by atoms with Crippen LogP contribution in [0.15, 0.2) is 28.7 Å². The number of hydrogen-bond acceptors (Lipinski definition) is 1. The predicted molar refractivity (Wildman–Crippen MR) is 85.9 cm³/mol. The summed E-state index contributed by atoms with van der Waals surface area (Å²) in [6.45, 7) is 0.679. The van der Waals surface area contributed by atoms with Gasteiger partial charge in [-0.05, 0) is 30.9 Å². The summed E-state index contributed by atoms with van der Waals surface area (Å²) in [5, 5.41) is 3.02. The van der Waals surface area contributed by atoms with Gasteiger partial charge in [0.05, 0.1) is 0 Å². The van der Waals surface area contributed by atoms with Gasteiger partial charge in [-0.1, -0.05) is 53.4 Å². The van der Waals surface area contributed by atoms with Gasteiger partial charge in [0.1, 0.15) is 0 Å². The Bertz CT molecular complexity index is 444. The van der Waals surface area contributed by atoms with Gasteiger partial charge in [-0.25, -0.2) is 4.79 Å². The minimum Gasteiger partial charge on any atom is -0.338 e. The third-order valence-electron chi connectivity index (χ3n) is 4.07. The fourth-order valence-corrected chi connectivity index (χ4v) is 3.25. The van der Waals surface area contributed by atoms with Crippen LogP contribution in [0.25, 0.3) is 0 Å². The van der Waals surface area contributed by atoms with E-state index >= 15 is 0 Å². The molecule has 1 aliphatic rings. The zero-order chi connectivity index (χ0) is 14.4. The molecule has 0 bridgehead atoms. The maximum absolute atomic E-state index is 12.1. The SMILES string of the molecule is CN(C(=O)NCCc1ccccc1Br)C1CCCCC1. The van der Waals surface area contributed by atoms with E-state index in [1.807, 2.05) is 30.1 Å². The van der Waals surface area contributed by atoms with E-state index < -0.39 is 0 Å². The average Bonchev–Trinajstić information content (AvgIpc) is 2.49. The fraction of sp³-hybridized carbons (Fsp3) is 0.562. The van der Waals surface area contributed by atoms with E-state index in [2.05, 4.69) is 27.3 Å². The molecule has 0 radical (unpaired) electrons. The zero-order valence-electron chi connectivity index (χ0n) is 12.1. The summed E-state index contributed by atoms with van der Waals surface area (Å²) < 4.78 is 1.11. The number of hydrogen-bond donors (Lipinski definition) is 1. The van der Waals surface area contributed by atoms with Crippen molar-refractivity contribution < 1.29 is 4.79 Å². The maximum Gasteiger partial charge on any atom is 0.317 e. The third kappa shape index (κ3) is 4.23. The number of carbonyl (C=O) groups excluding carboxylic acids is 1. The lowest BCUT2D eigenvalue weighted by molar-refractivity contribution is 0.174. The summed E-state index contributed by atoms with van der Waals surface area (Å²) in [4.78, 5) is 14.0. The molecule has 1 aromatic rings. The van der Waals surface area contributed by atoms with Gasteiger partial charge < -0.3 is 10.2 Å². The molecule has 2 amide bonds. The first kappa shape index (κ1) is 15.4. The first-order valence-electron chi connectivity index (χ1n) is 7.42. The number of urea groups is 1. The maximum atomic E-state index is 12.1. The minimum absolute atomic E-state index is 0.0592. The molecule has 0 spiro atoms. The Morgan fingerprint density at radius 1 is 1.30 bits per heavy atom. The highest BCUT2D eigenvalue weighted by atomic mass is 79.9. The van der Waals surface area contributed by atoms with Crippen LogP contribution in [0.3, 0.4) is 0 Å². The third-order valence-corrected chi connectivity index (χ3v) is 4.84. The lowest BCUT2D eigenvalue weighted by atomic mass is 9.95. The highest BCUT2D eigenvalue weighted by molar-refractivity contribution is 9.10. The monoisotopic (exact) mass is 338 g/mol. The van der Waals surface area contributed by atoms with Gasteiger partial charge in [-0.15, -0.1) is 0 Å². The van der Waals surface area contributed by atoms with Gasteiger partial charge >= 0.3 is 6.03 Å². The van der Waals surface area contributed by atoms with E-state index in [1.54, 1.807) is 0 Å². The quantitative estimate of drug-likeness (QED) is 0.885. The van der Waals surface area contributed by atoms with Crippen molar-refractivity contribution in [2.24, 2.45) is 0 Å². The summed E-state index contributed by atoms with van der Waals surface area (Å²) in [5.74, 6) is 0. The number of carbonyl (C=O) groups is 1. The molecular weight excluding hydrogens is 316 g/mol. The Hall–Kier alpha value is -1.03. The van der Waals surface area contributed by atoms with E-state index in [9.17, 15) is 4.79 Å². The van der Waals surface area contributed by atoms with Crippen LogP contribution < -0.4 is 5.32 Å². The smallest absolute Gasteiger partial charge is 0.317 e. The number of rotatable bonds is 4. The van der Waals surface area contributed by atoms with Crippen molar-refractivity contribution in [1.29, 1.82) is 0 Å². The van der Waals surface area contributed by atoms with E-state index in [-0.39, 0.29) is 6.03 Å². The molecule has 0 saturated heterocycles. The molecule has 0 aliphatic heterocycles. The van der Waals surface area contributed by atoms with Crippen LogP contribution >= 0.6 is 15.9 Å². The highest BCUT2D eigenvalue weighted by Crippen LogP contribution is 2.21. The normalized spacial score (nSPS) is 15.9. The van der Waals surface area contributed by atoms with E-state index in [1.165, 1.54) is 24.8 Å². The number of benzene rings is 1. The molecule has 0 unspecified atom stereocenters. The molecule has 110 valence electrons. The molecule has 0 atom stereocenters. The van der Waals surface area contributed by atoms with E-state index in [4.69, 9.17) is 0 Å². The molecule has 4 heteroatoms. The average molecular weight is 339 g/mol. The van der Waals surface area contributed by atoms with Gasteiger partial charge in [0.25, 0.3) is 0 Å². The first-order chi connectivity index (χ1) is 9.68. The van der Waals surface area contributed by atoms with Crippen LogP contribution in [0, 0.1) is 0 Å². The molecule has 2 rings (SSSR count). The van der Waals surface area contributed by atoms with Gasteiger partial charge in [-0.2, -0.15) is 0 Å². The largest absolute Gasteiger partial charge is 0.338 e. The number of nitrogens with zero attached hydrogens (tertiary/aromatic N) is 1. The second-order valence-corrected chi connectivity index (χ2v) is 6.33. The summed E-state index contributed by atoms with van der Waals surface area (Å²) in [6, 6.07) is 8.63. The molecular formula is C16H23BrN2O. The fourth-order valence-electron chi connectivity index (χ4n) is 2.76. The standard InChI is InChI=1S/C16H23BrN2O/c1-19(14-8-3-2-4-9-14)16(20)18-12-11-13-7-5-6-10-15(13)17/h5-7,10,14H,2-4,8-9,11-12H2,1H3,(H,18,20). The van der Waals surface area contributed by atoms with Crippen molar-refractivity contribution in [2.45, 2.75) is 44.6 Å². The molecule has 3 nitrogen and oxygen atoms in total. The van der Waals surface area contributed by atoms with Crippen LogP contribution in [0.2, 0.25) is 0 Å². The Morgan fingerprint density at radius 2 is 2.00 bits per heavy atom. The van der Waals surface area contributed by atoms with Gasteiger partial charge in [-0.3, -0.25) is 0 Å². The van der Waals surface area contributed by atoms with Gasteiger partial charge in [0, 0.05) is 24.1 Å². The Labute approximate surface area is 129 Å². The molecule has 20 heavy (non-hydrogen) atoms. The molecule has 1 fully saturated rings. The van der Waals surface area contributed by atoms with Crippen LogP contribution in [0.4, 0.5) is 4.79 Å². The molecule has 1 saturated carbocycles. The molecule has 0 aromatic heterocycles. The Kier molecular flexibility index (Phi) is 5.89. The van der Waals surface area contributed by atoms with E-state index in [0.717, 1.165) is 23.7 Å². The van der Waals surface area contributed by atoms with Crippen LogP contribution in [-0.4, -0.2) is 30.6 Å². The zero-order valence-corrected chi connectivity index (χ0v) is 13.7. The predicted octanol–water partition coefficient (Wildman–Crippen LogP) is 3.97. The number of amides is 2. The van der Waals surface area contributed by atoms with Crippen molar-refractivity contribution in [1.82, 2.24) is 10.2 Å². The van der Waals surface area contributed by atoms with Crippen molar-refractivity contribution in [3.63, 3.8) is 0 Å². The van der Waals surface area contributed by atoms with Crippen molar-refractivity contribution in [3.05, 3.63) is 34.3 Å². The summed E-state index contributed by atoms with van der Waals surface area (Å²) in [7, 11) is 1.92. The second-order valence-electron chi connectivity index (χ2n) is 5.48. The summed E-state index contributed by atoms with van der Waals surface area (Å²) in [6.07, 6.45) is 6.96. The first-order valence-corrected chi connectivity index (χ1v) is 8.22. The van der Waals surface area contributed by atoms with Gasteiger partial charge in [0.15, 0.2) is 0 Å². The Balaban J connectivity index is 1.76. The summed E-state index contributed by atoms with van der Waals surface area (Å²) >= 11 is 3.53. The second kappa shape index (κ2) is 7.67. The molecule has 1 N–H and O–H groups in total. The van der Waals surface area contributed by atoms with Gasteiger partial charge in [0.2, 0.25) is 0 Å². The number of halogens is 1. The molecule has 0 heterocycles. The Morgan fingerprint density at radius 3 is 2.70 bits per heavy atom. The minimum atomic E-state index is 0.0592. The summed E-state index contributed by atoms with van der Waals surface area (Å²) in [5.41, 5.74) is 1.23. The van der Waals surface area contributed by atoms with E-state index in [0.29, 0.717) is 12.6 Å². The van der Waals surface area contributed by atoms with Crippen LogP contribution in [0.5, 0.6) is 0 Å². The van der Waals surface area contributed by atoms with Crippen LogP contribution in [-0.2, 0) is 6.42 Å². The lowest BCUT2D eigenvalue weighted by Gasteiger charge is -2.31. The lowest BCUT2D eigenvalue weighted by Crippen LogP contribution is -2.44. The van der Waals surface area contributed by atoms with Crippen molar-refractivity contribution in [3.8, 4) is 0 Å².